The van der Waals surface area contributed by atoms with Gasteiger partial charge in [-0.2, -0.15) is 10.2 Å². The Morgan fingerprint density at radius 2 is 1.52 bits per heavy atom. The normalized spacial score (nSPS) is 14.8. The van der Waals surface area contributed by atoms with Crippen molar-refractivity contribution in [2.24, 2.45) is 10.2 Å². The van der Waals surface area contributed by atoms with Crippen LogP contribution in [0.5, 0.6) is 0 Å². The Morgan fingerprint density at radius 3 is 2.00 bits per heavy atom. The van der Waals surface area contributed by atoms with Gasteiger partial charge in [0.15, 0.2) is 0 Å². The molecule has 120 valence electrons. The molecular weight excluding hydrogens is 276 g/mol. The lowest BCUT2D eigenvalue weighted by atomic mass is 10.2. The second-order valence-electron chi connectivity index (χ2n) is 4.86. The minimum Gasteiger partial charge on any atom is -0.393 e. The molecule has 2 atom stereocenters. The lowest BCUT2D eigenvalue weighted by Crippen LogP contribution is -2.22. The van der Waals surface area contributed by atoms with Crippen LogP contribution in [0.3, 0.4) is 0 Å². The first kappa shape index (κ1) is 19.2. The van der Waals surface area contributed by atoms with E-state index in [-0.39, 0.29) is 24.7 Å². The maximum Gasteiger partial charge on any atom is 0.240 e. The third-order valence-corrected chi connectivity index (χ3v) is 2.38. The van der Waals surface area contributed by atoms with Crippen molar-refractivity contribution in [2.45, 2.75) is 58.7 Å². The van der Waals surface area contributed by atoms with Crippen molar-refractivity contribution in [2.75, 3.05) is 0 Å². The average molecular weight is 300 g/mol. The molecule has 2 amide bonds. The number of nitrogens with zero attached hydrogens (tertiary/aromatic N) is 2. The molecule has 0 aromatic heterocycles. The molecule has 0 aromatic carbocycles. The molecule has 0 spiro atoms. The summed E-state index contributed by atoms with van der Waals surface area (Å²) in [5.41, 5.74) is 5.02. The van der Waals surface area contributed by atoms with Gasteiger partial charge in [-0.05, 0) is 33.6 Å². The van der Waals surface area contributed by atoms with Gasteiger partial charge in [-0.25, -0.2) is 10.9 Å². The van der Waals surface area contributed by atoms with Gasteiger partial charge in [0.1, 0.15) is 0 Å². The zero-order chi connectivity index (χ0) is 16.3. The predicted molar refractivity (Wildman–Crippen MR) is 79.7 cm³/mol. The Morgan fingerprint density at radius 1 is 1.05 bits per heavy atom. The molecule has 2 unspecified atom stereocenters. The first-order valence-corrected chi connectivity index (χ1v) is 6.82. The van der Waals surface area contributed by atoms with E-state index in [1.54, 1.807) is 20.8 Å². The van der Waals surface area contributed by atoms with Crippen LogP contribution in [0.1, 0.15) is 46.5 Å². The van der Waals surface area contributed by atoms with Crippen LogP contribution < -0.4 is 10.9 Å². The summed E-state index contributed by atoms with van der Waals surface area (Å²) in [6, 6.07) is 0. The third kappa shape index (κ3) is 13.0. The van der Waals surface area contributed by atoms with E-state index in [1.807, 2.05) is 0 Å². The molecular formula is C13H24N4O4. The fraction of sp³-hybridized carbons (Fsp3) is 0.692. The molecule has 0 saturated heterocycles. The Bertz CT molecular complexity index is 392. The second kappa shape index (κ2) is 10.9. The van der Waals surface area contributed by atoms with Gasteiger partial charge in [-0.1, -0.05) is 0 Å². The number of carbonyl (C=O) groups excluding carboxylic acids is 2. The maximum absolute atomic E-state index is 11.3. The highest BCUT2D eigenvalue weighted by Crippen LogP contribution is 1.95. The summed E-state index contributed by atoms with van der Waals surface area (Å²) < 4.78 is 0. The lowest BCUT2D eigenvalue weighted by Gasteiger charge is -2.03. The van der Waals surface area contributed by atoms with Crippen LogP contribution in [-0.2, 0) is 9.59 Å². The molecule has 0 heterocycles. The van der Waals surface area contributed by atoms with E-state index in [9.17, 15) is 9.59 Å². The second-order valence-corrected chi connectivity index (χ2v) is 4.86. The number of nitrogens with one attached hydrogen (secondary N) is 2. The fourth-order valence-electron chi connectivity index (χ4n) is 1.17. The monoisotopic (exact) mass is 300 g/mol. The summed E-state index contributed by atoms with van der Waals surface area (Å²) in [5, 5.41) is 25.5. The van der Waals surface area contributed by atoms with Crippen LogP contribution in [0.25, 0.3) is 0 Å². The van der Waals surface area contributed by atoms with Crippen LogP contribution in [0.4, 0.5) is 0 Å². The highest BCUT2D eigenvalue weighted by molar-refractivity contribution is 6.29. The topological polar surface area (TPSA) is 123 Å². The molecule has 0 aliphatic heterocycles. The first-order valence-electron chi connectivity index (χ1n) is 6.82. The van der Waals surface area contributed by atoms with Crippen LogP contribution in [0.2, 0.25) is 0 Å². The Hall–Kier alpha value is -1.80. The van der Waals surface area contributed by atoms with Crippen molar-refractivity contribution in [1.82, 2.24) is 10.9 Å². The van der Waals surface area contributed by atoms with E-state index < -0.39 is 12.2 Å². The number of rotatable bonds is 9. The standard InChI is InChI=1S/C13H24N4O4/c1-9(15-17-13(21)7-5-11(3)19)8-14-16-12(20)6-4-10(2)18/h8,10-11,18-19H,4-7H2,1-3H3,(H,16,20)(H,17,21). The smallest absolute Gasteiger partial charge is 0.240 e. The number of aliphatic hydroxyl groups excluding tert-OH is 2. The summed E-state index contributed by atoms with van der Waals surface area (Å²) in [7, 11) is 0. The van der Waals surface area contributed by atoms with Crippen LogP contribution in [0.15, 0.2) is 10.2 Å². The highest BCUT2D eigenvalue weighted by atomic mass is 16.3. The Balaban J connectivity index is 3.97. The zero-order valence-electron chi connectivity index (χ0n) is 12.7. The minimum absolute atomic E-state index is 0.182. The van der Waals surface area contributed by atoms with Gasteiger partial charge in [0.25, 0.3) is 0 Å². The SMILES string of the molecule is CC(C=NNC(=O)CCC(C)O)=NNC(=O)CCC(C)O. The molecule has 8 nitrogen and oxygen atoms in total. The van der Waals surface area contributed by atoms with Gasteiger partial charge in [0, 0.05) is 12.8 Å². The average Bonchev–Trinajstić information content (AvgIpc) is 2.40. The molecule has 0 aromatic rings. The summed E-state index contributed by atoms with van der Waals surface area (Å²) in [4.78, 5) is 22.6. The Kier molecular flexibility index (Phi) is 9.99. The molecule has 0 radical (unpaired) electrons. The van der Waals surface area contributed by atoms with Gasteiger partial charge in [0.05, 0.1) is 24.1 Å². The zero-order valence-corrected chi connectivity index (χ0v) is 12.7. The first-order chi connectivity index (χ1) is 9.81. The van der Waals surface area contributed by atoms with Gasteiger partial charge >= 0.3 is 0 Å². The third-order valence-electron chi connectivity index (χ3n) is 2.38. The summed E-state index contributed by atoms with van der Waals surface area (Å²) in [6.45, 7) is 4.82. The largest absolute Gasteiger partial charge is 0.393 e. The molecule has 0 aliphatic carbocycles. The van der Waals surface area contributed by atoms with Crippen LogP contribution in [0, 0.1) is 0 Å². The van der Waals surface area contributed by atoms with Crippen LogP contribution in [-0.4, -0.2) is 46.2 Å². The molecule has 21 heavy (non-hydrogen) atoms. The summed E-state index contributed by atoms with van der Waals surface area (Å²) in [6.07, 6.45) is 1.35. The van der Waals surface area contributed by atoms with Crippen molar-refractivity contribution in [3.63, 3.8) is 0 Å². The number of hydrogen-bond donors (Lipinski definition) is 4. The van der Waals surface area contributed by atoms with E-state index in [4.69, 9.17) is 10.2 Å². The van der Waals surface area contributed by atoms with E-state index in [0.717, 1.165) is 0 Å². The van der Waals surface area contributed by atoms with E-state index >= 15 is 0 Å². The predicted octanol–water partition coefficient (Wildman–Crippen LogP) is -0.0975. The number of hydrogen-bond acceptors (Lipinski definition) is 6. The van der Waals surface area contributed by atoms with Crippen molar-refractivity contribution in [1.29, 1.82) is 0 Å². The van der Waals surface area contributed by atoms with Crippen molar-refractivity contribution in [3.05, 3.63) is 0 Å². The lowest BCUT2D eigenvalue weighted by molar-refractivity contribution is -0.122. The molecule has 0 fully saturated rings. The van der Waals surface area contributed by atoms with Crippen LogP contribution >= 0.6 is 0 Å². The molecule has 0 saturated carbocycles. The quantitative estimate of drug-likeness (QED) is 0.351. The summed E-state index contributed by atoms with van der Waals surface area (Å²) >= 11 is 0. The van der Waals surface area contributed by atoms with E-state index in [1.165, 1.54) is 6.21 Å². The van der Waals surface area contributed by atoms with Gasteiger partial charge in [0.2, 0.25) is 11.8 Å². The fourth-order valence-corrected chi connectivity index (χ4v) is 1.17. The molecule has 0 bridgehead atoms. The van der Waals surface area contributed by atoms with Crippen molar-refractivity contribution in [3.8, 4) is 0 Å². The van der Waals surface area contributed by atoms with Gasteiger partial charge in [-0.3, -0.25) is 9.59 Å². The van der Waals surface area contributed by atoms with Gasteiger partial charge < -0.3 is 10.2 Å². The molecule has 0 aliphatic rings. The maximum atomic E-state index is 11.3. The summed E-state index contributed by atoms with van der Waals surface area (Å²) in [5.74, 6) is -0.606. The number of carbonyl (C=O) groups is 2. The molecule has 4 N–H and O–H groups in total. The molecule has 8 heteroatoms. The Labute approximate surface area is 124 Å². The highest BCUT2D eigenvalue weighted by Gasteiger charge is 2.03. The number of amides is 2. The van der Waals surface area contributed by atoms with Gasteiger partial charge in [-0.15, -0.1) is 0 Å². The van der Waals surface area contributed by atoms with Crippen molar-refractivity contribution < 1.29 is 19.8 Å². The molecule has 0 rings (SSSR count). The van der Waals surface area contributed by atoms with E-state index in [2.05, 4.69) is 21.1 Å². The minimum atomic E-state index is -0.528. The number of hydrazone groups is 2. The van der Waals surface area contributed by atoms with E-state index in [0.29, 0.717) is 18.6 Å². The van der Waals surface area contributed by atoms with Crippen molar-refractivity contribution >= 4 is 23.7 Å². The number of aliphatic hydroxyl groups is 2.